The summed E-state index contributed by atoms with van der Waals surface area (Å²) in [6.45, 7) is 13.1. The molecule has 0 radical (unpaired) electrons. The number of nitrogens with one attached hydrogen (secondary N) is 7. The summed E-state index contributed by atoms with van der Waals surface area (Å²) in [5.74, 6) is -5.26. The summed E-state index contributed by atoms with van der Waals surface area (Å²) in [7, 11) is -3.75. The number of unbranched alkanes of at least 4 members (excludes halogenated alkanes) is 10. The van der Waals surface area contributed by atoms with Gasteiger partial charge in [0.1, 0.15) is 24.9 Å². The van der Waals surface area contributed by atoms with Crippen molar-refractivity contribution in [2.24, 2.45) is 17.8 Å². The van der Waals surface area contributed by atoms with Crippen LogP contribution in [-0.2, 0) is 90.1 Å². The van der Waals surface area contributed by atoms with Gasteiger partial charge < -0.3 is 130 Å². The molecule has 18 atom stereocenters. The monoisotopic (exact) mass is 1640 g/mol. The van der Waals surface area contributed by atoms with Crippen LogP contribution >= 0.6 is 7.60 Å². The normalized spacial score (nSPS) is 26.9. The maximum Gasteiger partial charge on any atom is 0.325 e. The van der Waals surface area contributed by atoms with E-state index in [1.54, 1.807) is 0 Å². The van der Waals surface area contributed by atoms with Crippen molar-refractivity contribution in [1.29, 1.82) is 0 Å². The van der Waals surface area contributed by atoms with Crippen molar-refractivity contribution in [1.82, 2.24) is 42.1 Å². The Morgan fingerprint density at radius 3 is 1.09 bits per heavy atom. The molecule has 36 heteroatoms. The Morgan fingerprint density at radius 1 is 0.416 bits per heavy atom. The lowest BCUT2D eigenvalue weighted by Crippen LogP contribution is -2.57. The van der Waals surface area contributed by atoms with Crippen LogP contribution in [0.2, 0.25) is 0 Å². The summed E-state index contributed by atoms with van der Waals surface area (Å²) in [6.07, 6.45) is 1.97. The molecule has 4 rings (SSSR count). The predicted molar refractivity (Wildman–Crippen MR) is 413 cm³/mol. The number of aliphatic hydroxyl groups excluding tert-OH is 7. The molecule has 0 aromatic heterocycles. The third-order valence-electron chi connectivity index (χ3n) is 20.8. The van der Waals surface area contributed by atoms with E-state index in [-0.39, 0.29) is 215 Å². The van der Waals surface area contributed by atoms with Gasteiger partial charge in [0.25, 0.3) is 5.91 Å². The van der Waals surface area contributed by atoms with E-state index >= 15 is 0 Å². The molecule has 8 amide bonds. The fourth-order valence-electron chi connectivity index (χ4n) is 13.8. The Kier molecular flexibility index (Phi) is 50.4. The Balaban J connectivity index is 1.29. The largest absolute Gasteiger partial charge is 0.391 e. The maximum absolute atomic E-state index is 14.0. The molecule has 0 bridgehead atoms. The Hall–Kier alpha value is -4.73. The molecule has 4 aliphatic heterocycles. The second kappa shape index (κ2) is 56.6. The van der Waals surface area contributed by atoms with Gasteiger partial charge in [-0.3, -0.25) is 42.9 Å². The summed E-state index contributed by atoms with van der Waals surface area (Å²) in [5.41, 5.74) is 0. The number of rotatable bonds is 61. The van der Waals surface area contributed by atoms with Gasteiger partial charge in [0.2, 0.25) is 47.3 Å². The zero-order valence-electron chi connectivity index (χ0n) is 68.2. The number of amides is 8. The minimum absolute atomic E-state index is 0.0289. The van der Waals surface area contributed by atoms with Crippen LogP contribution in [0, 0.1) is 17.8 Å². The number of carbonyl (C=O) groups is 8. The lowest BCUT2D eigenvalue weighted by Gasteiger charge is -2.41. The van der Waals surface area contributed by atoms with Crippen LogP contribution in [-0.4, -0.2) is 290 Å². The lowest BCUT2D eigenvalue weighted by molar-refractivity contribution is -0.283. The minimum Gasteiger partial charge on any atom is -0.391 e. The van der Waals surface area contributed by atoms with E-state index in [2.05, 4.69) is 37.2 Å². The molecule has 0 aromatic rings. The number of β-amino-alcohol motifs (C(OH)–C–C–N with tert-alkyl or cyclic N) is 1. The summed E-state index contributed by atoms with van der Waals surface area (Å²) >= 11 is 0. The molecule has 4 fully saturated rings. The van der Waals surface area contributed by atoms with Gasteiger partial charge >= 0.3 is 7.60 Å². The van der Waals surface area contributed by atoms with Gasteiger partial charge in [0.05, 0.1) is 88.0 Å². The van der Waals surface area contributed by atoms with Crippen LogP contribution in [0.4, 0.5) is 0 Å². The topological polar surface area (TPSA) is 495 Å². The third kappa shape index (κ3) is 40.5. The number of hydrogen-bond donors (Lipinski definition) is 15. The highest BCUT2D eigenvalue weighted by Gasteiger charge is 2.45. The van der Waals surface area contributed by atoms with E-state index in [1.807, 2.05) is 41.5 Å². The molecule has 9 unspecified atom stereocenters. The Bertz CT molecular complexity index is 2680. The number of aliphatic hydroxyl groups is 7. The molecular weight excluding hydrogens is 1500 g/mol. The van der Waals surface area contributed by atoms with Crippen LogP contribution < -0.4 is 37.2 Å². The molecule has 0 aliphatic carbocycles. The summed E-state index contributed by atoms with van der Waals surface area (Å²) in [4.78, 5) is 116. The molecule has 4 aliphatic rings. The van der Waals surface area contributed by atoms with Crippen molar-refractivity contribution in [2.45, 2.75) is 320 Å². The van der Waals surface area contributed by atoms with E-state index in [4.69, 9.17) is 47.2 Å². The molecule has 0 spiro atoms. The van der Waals surface area contributed by atoms with Gasteiger partial charge in [-0.25, -0.2) is 0 Å². The van der Waals surface area contributed by atoms with Crippen LogP contribution in [0.3, 0.4) is 0 Å². The third-order valence-corrected chi connectivity index (χ3v) is 21.4. The van der Waals surface area contributed by atoms with Crippen LogP contribution in [0.1, 0.15) is 228 Å². The highest BCUT2D eigenvalue weighted by atomic mass is 31.2. The summed E-state index contributed by atoms with van der Waals surface area (Å²) in [6, 6.07) is -0.479. The SMILES string of the molecule is CCC1O[C@@H](OCCCCC(=O)NCCCNC(=O)CCOC(COCCC(=O)NCCCNC(=O)CCCCO[C@@H]2O[C@H](CC)[C@H](C)C(O)C2O)(NC(=O)CCCCCCCCCCC(=O)N2C[C@H](O)C[C@H]2COP(C)(=O)O)OCCC(=O)NCCCNC(=O)CCCCO[C@@H]2OC(CC)[C@H](C)C(O)C2O)C(O)C(O)[C@H]1C. The lowest BCUT2D eigenvalue weighted by atomic mass is 9.89. The van der Waals surface area contributed by atoms with Gasteiger partial charge in [0, 0.05) is 129 Å². The van der Waals surface area contributed by atoms with Crippen molar-refractivity contribution in [3.63, 3.8) is 0 Å². The highest BCUT2D eigenvalue weighted by Crippen LogP contribution is 2.38. The average molecular weight is 1640 g/mol. The second-order valence-corrected chi connectivity index (χ2v) is 32.2. The van der Waals surface area contributed by atoms with Crippen LogP contribution in [0.5, 0.6) is 0 Å². The van der Waals surface area contributed by atoms with Crippen LogP contribution in [0.25, 0.3) is 0 Å². The zero-order valence-corrected chi connectivity index (χ0v) is 69.1. The maximum atomic E-state index is 14.0. The van der Waals surface area contributed by atoms with Gasteiger partial charge in [-0.05, 0) is 96.3 Å². The number of carbonyl (C=O) groups excluding carboxylic acids is 8. The minimum atomic E-state index is -3.75. The van der Waals surface area contributed by atoms with E-state index in [9.17, 15) is 83.6 Å². The fraction of sp³-hybridized carbons (Fsp3) is 0.896. The average Bonchev–Trinajstić information content (AvgIpc) is 1.76. The van der Waals surface area contributed by atoms with Gasteiger partial charge in [-0.15, -0.1) is 0 Å². The molecule has 4 heterocycles. The van der Waals surface area contributed by atoms with Crippen LogP contribution in [0.15, 0.2) is 0 Å². The summed E-state index contributed by atoms with van der Waals surface area (Å²) < 4.78 is 69.9. The van der Waals surface area contributed by atoms with Crippen molar-refractivity contribution >= 4 is 54.9 Å². The highest BCUT2D eigenvalue weighted by molar-refractivity contribution is 7.51. The molecule has 0 saturated carbocycles. The Labute approximate surface area is 667 Å². The summed E-state index contributed by atoms with van der Waals surface area (Å²) in [5, 5.41) is 92.4. The second-order valence-electron chi connectivity index (χ2n) is 30.3. The zero-order chi connectivity index (χ0) is 83.1. The predicted octanol–water partition coefficient (Wildman–Crippen LogP) is 2.58. The van der Waals surface area contributed by atoms with Gasteiger partial charge in [0.15, 0.2) is 18.9 Å². The van der Waals surface area contributed by atoms with E-state index in [0.29, 0.717) is 96.3 Å². The molecule has 4 saturated heterocycles. The van der Waals surface area contributed by atoms with E-state index in [1.165, 1.54) is 4.90 Å². The van der Waals surface area contributed by atoms with Crippen molar-refractivity contribution in [3.8, 4) is 0 Å². The first-order valence-corrected chi connectivity index (χ1v) is 43.6. The smallest absolute Gasteiger partial charge is 0.325 e. The fourth-order valence-corrected chi connectivity index (χ4v) is 14.2. The first-order valence-electron chi connectivity index (χ1n) is 41.6. The first-order chi connectivity index (χ1) is 54.0. The molecule has 0 aromatic carbocycles. The standard InChI is InChI=1S/C77H141N8O27P/c1-8-57-52(4)68(95)71(98)74(110-57)104-42-22-19-28-60(87)78-36-25-39-81-63(90)33-45-103-51-77(84-66(93)31-17-15-13-11-12-14-16-18-32-67(94)85-49-56(86)48-55(85)50-109-113(7,101)102,107-46-34-64(91)82-40-26-37-79-61(88)29-20-23-43-105-75-72(99)69(96)53(5)58(9-2)111-75)108-47-35-65(92)83-41-27-38-80-62(89)30-21-24-44-106-76-73(100)70(97)54(6)59(10-3)112-76/h52-59,68-76,86,95-100H,8-51H2,1-7H3,(H,78,87)(H,79,88)(H,80,89)(H,81,90)(H,82,91)(H,83,92)(H,84,93)(H,101,102)/t52-,53-,54-,55-,56+,57+,58?,59?,68?,69?,70?,71?,72?,73?,74+,75+,76+,77?/m0/s1. The first kappa shape index (κ1) is 101. The van der Waals surface area contributed by atoms with Gasteiger partial charge in [-0.2, -0.15) is 0 Å². The molecule has 35 nitrogen and oxygen atoms in total. The number of likely N-dealkylation sites (tertiary alicyclic amines) is 1. The van der Waals surface area contributed by atoms with E-state index in [0.717, 1.165) is 38.8 Å². The number of hydrogen-bond acceptors (Lipinski definition) is 26. The van der Waals surface area contributed by atoms with E-state index < -0.39 is 105 Å². The molecular formula is C77H141N8O27P. The molecule has 15 N–H and O–H groups in total. The number of ether oxygens (including phenoxy) is 9. The molecule has 656 valence electrons. The van der Waals surface area contributed by atoms with Gasteiger partial charge in [-0.1, -0.05) is 80.1 Å². The van der Waals surface area contributed by atoms with Crippen molar-refractivity contribution in [2.75, 3.05) is 105 Å². The van der Waals surface area contributed by atoms with Crippen molar-refractivity contribution in [3.05, 3.63) is 0 Å². The Morgan fingerprint density at radius 2 is 0.735 bits per heavy atom. The van der Waals surface area contributed by atoms with Crippen molar-refractivity contribution < 1.29 is 131 Å². The quantitative estimate of drug-likeness (QED) is 0.0236. The number of nitrogens with zero attached hydrogens (tertiary/aromatic N) is 1. The molecule has 113 heavy (non-hydrogen) atoms.